The molecule has 7 nitrogen and oxygen atoms in total. The molecular formula is C12H21N5O2. The van der Waals surface area contributed by atoms with Crippen LogP contribution in [0.2, 0.25) is 0 Å². The minimum absolute atomic E-state index is 0.0895. The van der Waals surface area contributed by atoms with E-state index >= 15 is 0 Å². The average Bonchev–Trinajstić information content (AvgIpc) is 2.85. The normalized spacial score (nSPS) is 12.0. The molecular weight excluding hydrogens is 246 g/mol. The Bertz CT molecular complexity index is 443. The van der Waals surface area contributed by atoms with Crippen molar-refractivity contribution in [2.75, 3.05) is 27.2 Å². The molecule has 1 atom stereocenters. The smallest absolute Gasteiger partial charge is 0.273 e. The number of carbonyl (C=O) groups is 2. The Kier molecular flexibility index (Phi) is 5.50. The van der Waals surface area contributed by atoms with Gasteiger partial charge in [-0.3, -0.25) is 9.59 Å². The number of hydrogen-bond donors (Lipinski definition) is 2. The first-order valence-corrected chi connectivity index (χ1v) is 6.18. The van der Waals surface area contributed by atoms with Crippen LogP contribution in [0.4, 0.5) is 0 Å². The molecule has 7 heteroatoms. The third kappa shape index (κ3) is 4.06. The molecule has 0 saturated heterocycles. The second-order valence-electron chi connectivity index (χ2n) is 4.49. The number of aromatic nitrogens is 2. The molecule has 0 aliphatic carbocycles. The fourth-order valence-corrected chi connectivity index (χ4v) is 1.76. The summed E-state index contributed by atoms with van der Waals surface area (Å²) in [5.74, 6) is -0.551. The summed E-state index contributed by atoms with van der Waals surface area (Å²) >= 11 is 0. The van der Waals surface area contributed by atoms with Gasteiger partial charge in [0.2, 0.25) is 5.91 Å². The van der Waals surface area contributed by atoms with Gasteiger partial charge in [0.15, 0.2) is 0 Å². The van der Waals surface area contributed by atoms with Crippen LogP contribution in [0, 0.1) is 5.92 Å². The van der Waals surface area contributed by atoms with Crippen LogP contribution in [0.25, 0.3) is 0 Å². The lowest BCUT2D eigenvalue weighted by Gasteiger charge is -2.19. The summed E-state index contributed by atoms with van der Waals surface area (Å²) in [6.07, 6.45) is 3.24. The summed E-state index contributed by atoms with van der Waals surface area (Å²) < 4.78 is 1.77. The Morgan fingerprint density at radius 1 is 1.58 bits per heavy atom. The predicted molar refractivity (Wildman–Crippen MR) is 71.5 cm³/mol. The predicted octanol–water partition coefficient (Wildman–Crippen LogP) is -0.704. The van der Waals surface area contributed by atoms with Crippen LogP contribution >= 0.6 is 0 Å². The quantitative estimate of drug-likeness (QED) is 0.712. The highest BCUT2D eigenvalue weighted by atomic mass is 16.2. The highest BCUT2D eigenvalue weighted by Crippen LogP contribution is 2.04. The molecule has 1 rings (SSSR count). The van der Waals surface area contributed by atoms with Gasteiger partial charge in [0.1, 0.15) is 5.69 Å². The Balaban J connectivity index is 2.63. The van der Waals surface area contributed by atoms with E-state index in [1.165, 1.54) is 4.90 Å². The number of amides is 2. The van der Waals surface area contributed by atoms with Crippen LogP contribution in [0.15, 0.2) is 12.5 Å². The highest BCUT2D eigenvalue weighted by molar-refractivity contribution is 5.92. The molecule has 1 heterocycles. The molecule has 0 radical (unpaired) electrons. The van der Waals surface area contributed by atoms with Crippen molar-refractivity contribution in [3.63, 3.8) is 0 Å². The molecule has 19 heavy (non-hydrogen) atoms. The Hall–Kier alpha value is -1.89. The van der Waals surface area contributed by atoms with E-state index in [1.807, 2.05) is 0 Å². The largest absolute Gasteiger partial charge is 0.359 e. The standard InChI is InChI=1S/C12H21N5O2/c1-9(11(18)14-2)6-16(3)12(19)10-7-17(5-4-13)8-15-10/h7-9H,4-6,13H2,1-3H3,(H,14,18). The van der Waals surface area contributed by atoms with Gasteiger partial charge in [-0.1, -0.05) is 6.92 Å². The maximum Gasteiger partial charge on any atom is 0.273 e. The third-order valence-corrected chi connectivity index (χ3v) is 2.83. The van der Waals surface area contributed by atoms with Crippen LogP contribution in [-0.2, 0) is 11.3 Å². The molecule has 2 amide bonds. The van der Waals surface area contributed by atoms with E-state index in [2.05, 4.69) is 10.3 Å². The lowest BCUT2D eigenvalue weighted by molar-refractivity contribution is -0.124. The number of imidazole rings is 1. The first kappa shape index (κ1) is 15.2. The molecule has 0 aliphatic heterocycles. The van der Waals surface area contributed by atoms with Gasteiger partial charge in [-0.05, 0) is 0 Å². The van der Waals surface area contributed by atoms with Gasteiger partial charge >= 0.3 is 0 Å². The van der Waals surface area contributed by atoms with Crippen LogP contribution < -0.4 is 11.1 Å². The molecule has 106 valence electrons. The Labute approximate surface area is 112 Å². The lowest BCUT2D eigenvalue weighted by atomic mass is 10.1. The van der Waals surface area contributed by atoms with E-state index in [1.54, 1.807) is 38.1 Å². The van der Waals surface area contributed by atoms with Crippen molar-refractivity contribution in [1.82, 2.24) is 19.8 Å². The van der Waals surface area contributed by atoms with Crippen molar-refractivity contribution >= 4 is 11.8 Å². The van der Waals surface area contributed by atoms with E-state index in [9.17, 15) is 9.59 Å². The molecule has 0 bridgehead atoms. The highest BCUT2D eigenvalue weighted by Gasteiger charge is 2.19. The third-order valence-electron chi connectivity index (χ3n) is 2.83. The summed E-state index contributed by atoms with van der Waals surface area (Å²) in [7, 11) is 3.23. The second-order valence-corrected chi connectivity index (χ2v) is 4.49. The fourth-order valence-electron chi connectivity index (χ4n) is 1.76. The first-order valence-electron chi connectivity index (χ1n) is 6.18. The van der Waals surface area contributed by atoms with Gasteiger partial charge in [-0.2, -0.15) is 0 Å². The first-order chi connectivity index (χ1) is 8.99. The summed E-state index contributed by atoms with van der Waals surface area (Å²) in [6, 6.07) is 0. The van der Waals surface area contributed by atoms with E-state index in [4.69, 9.17) is 5.73 Å². The van der Waals surface area contributed by atoms with Gasteiger partial charge in [-0.15, -0.1) is 0 Å². The zero-order valence-electron chi connectivity index (χ0n) is 11.6. The van der Waals surface area contributed by atoms with Gasteiger partial charge in [0, 0.05) is 39.9 Å². The Morgan fingerprint density at radius 3 is 2.84 bits per heavy atom. The summed E-state index contributed by atoms with van der Waals surface area (Å²) in [5, 5.41) is 2.56. The number of nitrogens with one attached hydrogen (secondary N) is 1. The van der Waals surface area contributed by atoms with Crippen molar-refractivity contribution in [3.8, 4) is 0 Å². The van der Waals surface area contributed by atoms with E-state index < -0.39 is 0 Å². The lowest BCUT2D eigenvalue weighted by Crippen LogP contribution is -2.37. The van der Waals surface area contributed by atoms with Crippen molar-refractivity contribution in [2.24, 2.45) is 11.7 Å². The number of hydrogen-bond acceptors (Lipinski definition) is 4. The topological polar surface area (TPSA) is 93.2 Å². The summed E-state index contributed by atoms with van der Waals surface area (Å²) in [6.45, 7) is 3.24. The van der Waals surface area contributed by atoms with Crippen molar-refractivity contribution in [3.05, 3.63) is 18.2 Å². The van der Waals surface area contributed by atoms with E-state index in [0.717, 1.165) is 0 Å². The van der Waals surface area contributed by atoms with Crippen molar-refractivity contribution in [1.29, 1.82) is 0 Å². The second kappa shape index (κ2) is 6.89. The van der Waals surface area contributed by atoms with Gasteiger partial charge in [0.05, 0.1) is 12.2 Å². The van der Waals surface area contributed by atoms with E-state index in [0.29, 0.717) is 25.3 Å². The maximum absolute atomic E-state index is 12.1. The minimum Gasteiger partial charge on any atom is -0.359 e. The summed E-state index contributed by atoms with van der Waals surface area (Å²) in [5.41, 5.74) is 5.79. The van der Waals surface area contributed by atoms with Gasteiger partial charge < -0.3 is 20.5 Å². The zero-order chi connectivity index (χ0) is 14.4. The molecule has 3 N–H and O–H groups in total. The zero-order valence-corrected chi connectivity index (χ0v) is 11.6. The van der Waals surface area contributed by atoms with E-state index in [-0.39, 0.29) is 17.7 Å². The van der Waals surface area contributed by atoms with Crippen LogP contribution in [-0.4, -0.2) is 53.5 Å². The molecule has 0 saturated carbocycles. The van der Waals surface area contributed by atoms with Crippen LogP contribution in [0.3, 0.4) is 0 Å². The molecule has 1 unspecified atom stereocenters. The van der Waals surface area contributed by atoms with Crippen LogP contribution in [0.1, 0.15) is 17.4 Å². The maximum atomic E-state index is 12.1. The number of rotatable bonds is 6. The number of nitrogens with two attached hydrogens (primary N) is 1. The number of carbonyl (C=O) groups excluding carboxylic acids is 2. The van der Waals surface area contributed by atoms with Crippen LogP contribution in [0.5, 0.6) is 0 Å². The van der Waals surface area contributed by atoms with Gasteiger partial charge in [-0.25, -0.2) is 4.98 Å². The van der Waals surface area contributed by atoms with Crippen molar-refractivity contribution in [2.45, 2.75) is 13.5 Å². The summed E-state index contributed by atoms with van der Waals surface area (Å²) in [4.78, 5) is 29.0. The minimum atomic E-state index is -0.259. The van der Waals surface area contributed by atoms with Crippen molar-refractivity contribution < 1.29 is 9.59 Å². The fraction of sp³-hybridized carbons (Fsp3) is 0.583. The molecule has 0 fully saturated rings. The molecule has 0 aromatic carbocycles. The molecule has 1 aromatic rings. The SMILES string of the molecule is CNC(=O)C(C)CN(C)C(=O)c1cn(CCN)cn1. The molecule has 0 aliphatic rings. The average molecular weight is 267 g/mol. The Morgan fingerprint density at radius 2 is 2.26 bits per heavy atom. The molecule has 0 spiro atoms. The monoisotopic (exact) mass is 267 g/mol. The molecule has 1 aromatic heterocycles. The van der Waals surface area contributed by atoms with Gasteiger partial charge in [0.25, 0.3) is 5.91 Å². The number of nitrogens with zero attached hydrogens (tertiary/aromatic N) is 3.